The molecule has 4 rings (SSSR count). The van der Waals surface area contributed by atoms with Gasteiger partial charge in [0.05, 0.1) is 22.3 Å². The first-order chi connectivity index (χ1) is 17.4. The van der Waals surface area contributed by atoms with Gasteiger partial charge in [0.1, 0.15) is 11.6 Å². The van der Waals surface area contributed by atoms with E-state index in [1.54, 1.807) is 0 Å². The van der Waals surface area contributed by atoms with Gasteiger partial charge in [-0.15, -0.1) is 0 Å². The van der Waals surface area contributed by atoms with Crippen molar-refractivity contribution in [2.45, 2.75) is 12.4 Å². The molecule has 0 unspecified atom stereocenters. The van der Waals surface area contributed by atoms with Crippen LogP contribution in [0, 0.1) is 11.6 Å². The Morgan fingerprint density at radius 1 is 0.541 bits per heavy atom. The lowest BCUT2D eigenvalue weighted by atomic mass is 9.95. The lowest BCUT2D eigenvalue weighted by Crippen LogP contribution is -2.08. The second-order valence-electron chi connectivity index (χ2n) is 8.05. The van der Waals surface area contributed by atoms with Gasteiger partial charge in [0.2, 0.25) is 0 Å². The van der Waals surface area contributed by atoms with E-state index in [1.807, 2.05) is 0 Å². The maximum atomic E-state index is 14.9. The van der Waals surface area contributed by atoms with Gasteiger partial charge in [-0.25, -0.2) is 8.78 Å². The normalized spacial score (nSPS) is 11.8. The van der Waals surface area contributed by atoms with Crippen LogP contribution < -0.4 is 4.67 Å². The van der Waals surface area contributed by atoms with Crippen LogP contribution in [-0.4, -0.2) is 12.4 Å². The van der Waals surface area contributed by atoms with E-state index < -0.39 is 35.1 Å². The summed E-state index contributed by atoms with van der Waals surface area (Å²) < 4.78 is 110. The van der Waals surface area contributed by atoms with Gasteiger partial charge >= 0.3 is 18.1 Å². The summed E-state index contributed by atoms with van der Waals surface area (Å²) in [5, 5.41) is 0. The lowest BCUT2D eigenvalue weighted by molar-refractivity contribution is -0.138. The van der Waals surface area contributed by atoms with E-state index in [0.29, 0.717) is 0 Å². The fraction of sp³-hybridized carbons (Fsp3) is 0.0714. The lowest BCUT2D eigenvalue weighted by Gasteiger charge is -2.09. The van der Waals surface area contributed by atoms with E-state index in [0.717, 1.165) is 60.7 Å². The van der Waals surface area contributed by atoms with Gasteiger partial charge in [-0.1, -0.05) is 41.1 Å². The van der Waals surface area contributed by atoms with Crippen molar-refractivity contribution in [2.75, 3.05) is 0 Å². The Morgan fingerprint density at radius 2 is 0.892 bits per heavy atom. The molecule has 0 fully saturated rings. The molecular formula is C28H16F8N+. The molecule has 9 heteroatoms. The molecule has 0 bridgehead atoms. The van der Waals surface area contributed by atoms with E-state index in [2.05, 4.69) is 11.4 Å². The van der Waals surface area contributed by atoms with Gasteiger partial charge in [-0.3, -0.25) is 0 Å². The molecule has 0 N–H and O–H groups in total. The Labute approximate surface area is 206 Å². The van der Waals surface area contributed by atoms with E-state index in [4.69, 9.17) is 0 Å². The number of alkyl halides is 6. The molecule has 1 nitrogen and oxygen atoms in total. The molecule has 0 radical (unpaired) electrons. The number of rotatable bonds is 4. The minimum atomic E-state index is -4.52. The minimum absolute atomic E-state index is 0.0599. The molecule has 0 saturated carbocycles. The first-order valence-electron chi connectivity index (χ1n) is 10.7. The van der Waals surface area contributed by atoms with Crippen molar-refractivity contribution in [1.29, 1.82) is 0 Å². The maximum Gasteiger partial charge on any atom is 0.416 e. The van der Waals surface area contributed by atoms with Crippen LogP contribution in [-0.2, 0) is 12.4 Å². The molecule has 0 aromatic heterocycles. The summed E-state index contributed by atoms with van der Waals surface area (Å²) in [4.78, 5) is 0. The van der Waals surface area contributed by atoms with Gasteiger partial charge in [-0.2, -0.15) is 26.3 Å². The monoisotopic (exact) mass is 518 g/mol. The van der Waals surface area contributed by atoms with Gasteiger partial charge in [0, 0.05) is 11.1 Å². The quantitative estimate of drug-likeness (QED) is 0.148. The summed E-state index contributed by atoms with van der Waals surface area (Å²) in [6, 6.07) is 16.0. The van der Waals surface area contributed by atoms with Gasteiger partial charge in [0.15, 0.2) is 0 Å². The average molecular weight is 518 g/mol. The van der Waals surface area contributed by atoms with Crippen molar-refractivity contribution in [3.63, 3.8) is 0 Å². The average Bonchev–Trinajstić information content (AvgIpc) is 2.84. The summed E-state index contributed by atoms with van der Waals surface area (Å²) in [5.41, 5.74) is -0.517. The zero-order chi connectivity index (χ0) is 27.0. The van der Waals surface area contributed by atoms with Crippen molar-refractivity contribution in [1.82, 2.24) is 4.67 Å². The van der Waals surface area contributed by atoms with Crippen molar-refractivity contribution in [3.05, 3.63) is 119 Å². The number of benzene rings is 4. The summed E-state index contributed by atoms with van der Waals surface area (Å²) >= 11 is 0. The Hall–Kier alpha value is -4.23. The van der Waals surface area contributed by atoms with E-state index in [1.165, 1.54) is 24.3 Å². The van der Waals surface area contributed by atoms with Crippen molar-refractivity contribution >= 4 is 12.4 Å². The second kappa shape index (κ2) is 9.67. The molecule has 37 heavy (non-hydrogen) atoms. The van der Waals surface area contributed by atoms with Gasteiger partial charge < -0.3 is 0 Å². The first-order valence-corrected chi connectivity index (χ1v) is 10.7. The predicted octanol–water partition coefficient (Wildman–Crippen LogP) is 7.94. The molecule has 0 aliphatic heterocycles. The molecule has 0 heterocycles. The number of hydrogen-bond donors (Lipinski definition) is 0. The molecule has 0 amide bonds. The molecular weight excluding hydrogens is 502 g/mol. The highest BCUT2D eigenvalue weighted by Gasteiger charge is 2.31. The SMILES string of the molecule is C=[N+]=C(c1ccc(-c2ccc(C(F)(F)F)cc2)c(F)c1)c1ccc(-c2ccc(C(F)(F)F)cc2)c(F)c1. The van der Waals surface area contributed by atoms with Gasteiger partial charge in [-0.05, 0) is 59.7 Å². The third-order valence-electron chi connectivity index (χ3n) is 5.69. The fourth-order valence-corrected chi connectivity index (χ4v) is 3.82. The summed E-state index contributed by atoms with van der Waals surface area (Å²) in [6.45, 7) is 3.45. The number of halogens is 8. The fourth-order valence-electron chi connectivity index (χ4n) is 3.82. The number of nitrogens with zero attached hydrogens (tertiary/aromatic N) is 1. The minimum Gasteiger partial charge on any atom is -0.206 e. The standard InChI is InChI=1S/C28H16F8N/c1-37-26(18-6-12-22(24(29)14-18)16-2-8-20(9-3-16)27(31,32)33)19-7-13-23(25(30)15-19)17-4-10-21(11-5-17)28(34,35)36/h2-15H,1H2/q+1. The smallest absolute Gasteiger partial charge is 0.206 e. The Balaban J connectivity index is 1.62. The second-order valence-corrected chi connectivity index (χ2v) is 8.05. The third-order valence-corrected chi connectivity index (χ3v) is 5.69. The molecule has 0 atom stereocenters. The van der Waals surface area contributed by atoms with Crippen LogP contribution in [0.5, 0.6) is 0 Å². The van der Waals surface area contributed by atoms with Crippen LogP contribution in [0.3, 0.4) is 0 Å². The van der Waals surface area contributed by atoms with E-state index >= 15 is 0 Å². The van der Waals surface area contributed by atoms with Crippen molar-refractivity contribution in [2.24, 2.45) is 0 Å². The summed E-state index contributed by atoms with van der Waals surface area (Å²) in [5.74, 6) is -1.47. The number of hydrogen-bond acceptors (Lipinski definition) is 0. The Bertz CT molecular complexity index is 1380. The van der Waals surface area contributed by atoms with Crippen molar-refractivity contribution < 1.29 is 35.1 Å². The largest absolute Gasteiger partial charge is 0.416 e. The topological polar surface area (TPSA) is 14.1 Å². The summed E-state index contributed by atoms with van der Waals surface area (Å²) in [7, 11) is 0. The zero-order valence-corrected chi connectivity index (χ0v) is 18.8. The summed E-state index contributed by atoms with van der Waals surface area (Å²) in [6.07, 6.45) is -9.03. The highest BCUT2D eigenvalue weighted by Crippen LogP contribution is 2.33. The maximum absolute atomic E-state index is 14.9. The van der Waals surface area contributed by atoms with Crippen LogP contribution >= 0.6 is 0 Å². The highest BCUT2D eigenvalue weighted by atomic mass is 19.4. The van der Waals surface area contributed by atoms with Crippen LogP contribution in [0.25, 0.3) is 22.3 Å². The molecule has 0 aliphatic carbocycles. The molecule has 0 saturated heterocycles. The van der Waals surface area contributed by atoms with Crippen LogP contribution in [0.2, 0.25) is 0 Å². The molecule has 4 aromatic rings. The predicted molar refractivity (Wildman–Crippen MR) is 126 cm³/mol. The van der Waals surface area contributed by atoms with E-state index in [9.17, 15) is 35.1 Å². The third kappa shape index (κ3) is 5.47. The Morgan fingerprint density at radius 3 is 1.16 bits per heavy atom. The van der Waals surface area contributed by atoms with Crippen LogP contribution in [0.15, 0.2) is 84.9 Å². The van der Waals surface area contributed by atoms with E-state index in [-0.39, 0.29) is 39.1 Å². The zero-order valence-electron chi connectivity index (χ0n) is 18.8. The first kappa shape index (κ1) is 25.9. The molecule has 0 spiro atoms. The Kier molecular flexibility index (Phi) is 6.76. The highest BCUT2D eigenvalue weighted by molar-refractivity contribution is 6.12. The van der Waals surface area contributed by atoms with Crippen LogP contribution in [0.4, 0.5) is 35.1 Å². The molecule has 0 aliphatic rings. The van der Waals surface area contributed by atoms with Crippen molar-refractivity contribution in [3.8, 4) is 22.3 Å². The molecule has 188 valence electrons. The van der Waals surface area contributed by atoms with Gasteiger partial charge in [0.25, 0.3) is 6.72 Å². The molecule has 4 aromatic carbocycles. The van der Waals surface area contributed by atoms with Crippen LogP contribution in [0.1, 0.15) is 22.3 Å².